The van der Waals surface area contributed by atoms with Crippen LogP contribution in [0.15, 0.2) is 0 Å². The first kappa shape index (κ1) is 6.18. The van der Waals surface area contributed by atoms with E-state index in [1.165, 1.54) is 7.05 Å². The highest BCUT2D eigenvalue weighted by Gasteiger charge is 1.90. The second-order valence-electron chi connectivity index (χ2n) is 0.997. The maximum atomic E-state index is 8.01. The summed E-state index contributed by atoms with van der Waals surface area (Å²) in [7, 11) is 1.50. The molecule has 0 fully saturated rings. The summed E-state index contributed by atoms with van der Waals surface area (Å²) in [5.41, 5.74) is 4.98. The Morgan fingerprint density at radius 2 is 2.43 bits per heavy atom. The number of thiocarbonyl (C=S) groups is 1. The SMILES string of the molecule is CN(C#N)C(N)=S. The molecule has 0 heterocycles. The number of nitriles is 1. The molecule has 0 saturated carbocycles. The van der Waals surface area contributed by atoms with E-state index in [1.54, 1.807) is 6.19 Å². The van der Waals surface area contributed by atoms with Crippen LogP contribution in [0.3, 0.4) is 0 Å². The lowest BCUT2D eigenvalue weighted by molar-refractivity contribution is 0.717. The van der Waals surface area contributed by atoms with Crippen molar-refractivity contribution in [2.24, 2.45) is 5.73 Å². The van der Waals surface area contributed by atoms with Gasteiger partial charge in [-0.2, -0.15) is 5.26 Å². The first-order chi connectivity index (χ1) is 3.18. The van der Waals surface area contributed by atoms with Gasteiger partial charge in [0.2, 0.25) is 0 Å². The summed E-state index contributed by atoms with van der Waals surface area (Å²) in [4.78, 5) is 1.11. The fourth-order valence-corrected chi connectivity index (χ4v) is 0.0901. The highest BCUT2D eigenvalue weighted by molar-refractivity contribution is 7.80. The number of nitrogens with zero attached hydrogens (tertiary/aromatic N) is 2. The first-order valence-electron chi connectivity index (χ1n) is 1.61. The van der Waals surface area contributed by atoms with E-state index in [-0.39, 0.29) is 5.11 Å². The first-order valence-corrected chi connectivity index (χ1v) is 2.02. The Morgan fingerprint density at radius 1 is 2.00 bits per heavy atom. The molecule has 0 aromatic carbocycles. The van der Waals surface area contributed by atoms with Gasteiger partial charge < -0.3 is 5.73 Å². The predicted molar refractivity (Wildman–Crippen MR) is 30.2 cm³/mol. The molecule has 2 N–H and O–H groups in total. The van der Waals surface area contributed by atoms with Gasteiger partial charge in [-0.1, -0.05) is 0 Å². The fraction of sp³-hybridized carbons (Fsp3) is 0.333. The van der Waals surface area contributed by atoms with E-state index in [9.17, 15) is 0 Å². The summed E-state index contributed by atoms with van der Waals surface area (Å²) in [5.74, 6) is 0. The molecule has 0 atom stereocenters. The van der Waals surface area contributed by atoms with Crippen LogP contribution in [0.2, 0.25) is 0 Å². The molecule has 3 nitrogen and oxygen atoms in total. The van der Waals surface area contributed by atoms with Gasteiger partial charge in [-0.25, -0.2) is 0 Å². The minimum absolute atomic E-state index is 0.0995. The van der Waals surface area contributed by atoms with E-state index in [0.29, 0.717) is 0 Å². The Kier molecular flexibility index (Phi) is 2.09. The van der Waals surface area contributed by atoms with Gasteiger partial charge in [-0.05, 0) is 12.2 Å². The summed E-state index contributed by atoms with van der Waals surface area (Å²) in [5, 5.41) is 8.11. The van der Waals surface area contributed by atoms with Crippen LogP contribution < -0.4 is 5.73 Å². The Balaban J connectivity index is 3.63. The Morgan fingerprint density at radius 3 is 2.43 bits per heavy atom. The zero-order valence-corrected chi connectivity index (χ0v) is 4.70. The lowest BCUT2D eigenvalue weighted by Gasteiger charge is -2.01. The van der Waals surface area contributed by atoms with Crippen molar-refractivity contribution in [2.45, 2.75) is 0 Å². The maximum Gasteiger partial charge on any atom is 0.185 e. The Hall–Kier alpha value is -0.820. The van der Waals surface area contributed by atoms with Gasteiger partial charge in [0.05, 0.1) is 0 Å². The van der Waals surface area contributed by atoms with Gasteiger partial charge in [0, 0.05) is 7.05 Å². The van der Waals surface area contributed by atoms with Crippen molar-refractivity contribution in [2.75, 3.05) is 7.05 Å². The van der Waals surface area contributed by atoms with Gasteiger partial charge >= 0.3 is 0 Å². The molecule has 0 spiro atoms. The lowest BCUT2D eigenvalue weighted by Crippen LogP contribution is -2.26. The lowest BCUT2D eigenvalue weighted by atomic mass is 10.9. The average molecular weight is 115 g/mol. The molecule has 7 heavy (non-hydrogen) atoms. The molecule has 0 saturated heterocycles. The maximum absolute atomic E-state index is 8.01. The molecule has 0 aromatic heterocycles. The van der Waals surface area contributed by atoms with Gasteiger partial charge in [0.1, 0.15) is 0 Å². The summed E-state index contributed by atoms with van der Waals surface area (Å²) < 4.78 is 0. The molecule has 4 heteroatoms. The van der Waals surface area contributed by atoms with Crippen molar-refractivity contribution in [3.05, 3.63) is 0 Å². The molecule has 0 aliphatic rings. The van der Waals surface area contributed by atoms with E-state index in [1.807, 2.05) is 0 Å². The largest absolute Gasteiger partial charge is 0.375 e. The predicted octanol–water partition coefficient (Wildman–Crippen LogP) is -0.357. The van der Waals surface area contributed by atoms with Crippen molar-refractivity contribution in [3.63, 3.8) is 0 Å². The van der Waals surface area contributed by atoms with Crippen LogP contribution in [0.1, 0.15) is 0 Å². The van der Waals surface area contributed by atoms with Crippen molar-refractivity contribution in [1.82, 2.24) is 4.90 Å². The molecule has 0 amide bonds. The second-order valence-corrected chi connectivity index (χ2v) is 1.42. The molecule has 0 unspecified atom stereocenters. The topological polar surface area (TPSA) is 53.0 Å². The van der Waals surface area contributed by atoms with E-state index in [4.69, 9.17) is 11.0 Å². The zero-order chi connectivity index (χ0) is 5.86. The van der Waals surface area contributed by atoms with Crippen LogP contribution >= 0.6 is 12.2 Å². The van der Waals surface area contributed by atoms with Crippen LogP contribution in [0.25, 0.3) is 0 Å². The minimum atomic E-state index is 0.0995. The molecular formula is C3H5N3S. The van der Waals surface area contributed by atoms with Gasteiger partial charge in [0.25, 0.3) is 0 Å². The highest BCUT2D eigenvalue weighted by Crippen LogP contribution is 1.72. The molecule has 0 radical (unpaired) electrons. The third-order valence-electron chi connectivity index (χ3n) is 0.481. The number of rotatable bonds is 0. The fourth-order valence-electron chi connectivity index (χ4n) is 0.0493. The van der Waals surface area contributed by atoms with Crippen molar-refractivity contribution < 1.29 is 0 Å². The molecule has 0 bridgehead atoms. The quantitative estimate of drug-likeness (QED) is 0.266. The van der Waals surface area contributed by atoms with E-state index in [0.717, 1.165) is 4.90 Å². The van der Waals surface area contributed by atoms with Crippen molar-refractivity contribution in [1.29, 1.82) is 5.26 Å². The van der Waals surface area contributed by atoms with Crippen LogP contribution in [0.5, 0.6) is 0 Å². The number of nitrogens with two attached hydrogens (primary N) is 1. The van der Waals surface area contributed by atoms with E-state index >= 15 is 0 Å². The summed E-state index contributed by atoms with van der Waals surface area (Å²) in [6.07, 6.45) is 1.73. The Bertz CT molecular complexity index is 114. The smallest absolute Gasteiger partial charge is 0.185 e. The van der Waals surface area contributed by atoms with Crippen molar-refractivity contribution in [3.8, 4) is 6.19 Å². The van der Waals surface area contributed by atoms with Crippen LogP contribution in [0, 0.1) is 11.5 Å². The minimum Gasteiger partial charge on any atom is -0.375 e. The molecule has 38 valence electrons. The highest BCUT2D eigenvalue weighted by atomic mass is 32.1. The Labute approximate surface area is 47.3 Å². The van der Waals surface area contributed by atoms with Crippen molar-refractivity contribution >= 4 is 17.3 Å². The molecule has 0 aromatic rings. The second kappa shape index (κ2) is 2.37. The molecule has 0 aliphatic heterocycles. The van der Waals surface area contributed by atoms with Crippen LogP contribution in [-0.4, -0.2) is 17.1 Å². The third-order valence-corrected chi connectivity index (χ3v) is 0.754. The van der Waals surface area contributed by atoms with Gasteiger partial charge in [-0.3, -0.25) is 4.90 Å². The monoisotopic (exact) mass is 115 g/mol. The molecule has 0 rings (SSSR count). The summed E-state index contributed by atoms with van der Waals surface area (Å²) in [6, 6.07) is 0. The summed E-state index contributed by atoms with van der Waals surface area (Å²) >= 11 is 4.40. The average Bonchev–Trinajstić information content (AvgIpc) is 1.65. The third kappa shape index (κ3) is 1.95. The van der Waals surface area contributed by atoms with E-state index in [2.05, 4.69) is 12.2 Å². The standard InChI is InChI=1S/C3H5N3S/c1-6(2-4)3(5)7/h1H3,(H2,5,7). The zero-order valence-electron chi connectivity index (χ0n) is 3.88. The van der Waals surface area contributed by atoms with Crippen LogP contribution in [0.4, 0.5) is 0 Å². The van der Waals surface area contributed by atoms with Crippen LogP contribution in [-0.2, 0) is 0 Å². The number of hydrogen-bond donors (Lipinski definition) is 1. The van der Waals surface area contributed by atoms with Gasteiger partial charge in [-0.15, -0.1) is 0 Å². The summed E-state index contributed by atoms with van der Waals surface area (Å²) in [6.45, 7) is 0. The molecule has 0 aliphatic carbocycles. The van der Waals surface area contributed by atoms with E-state index < -0.39 is 0 Å². The van der Waals surface area contributed by atoms with Gasteiger partial charge in [0.15, 0.2) is 11.3 Å². The number of hydrogen-bond acceptors (Lipinski definition) is 2. The normalized spacial score (nSPS) is 6.86. The molecular weight excluding hydrogens is 110 g/mol.